The molecule has 1 N–H and O–H groups in total. The van der Waals surface area contributed by atoms with Crippen LogP contribution in [0.1, 0.15) is 37.3 Å². The molecule has 3 heterocycles. The van der Waals surface area contributed by atoms with E-state index in [1.165, 1.54) is 8.99 Å². The molecule has 2 aliphatic rings. The van der Waals surface area contributed by atoms with Crippen molar-refractivity contribution in [2.75, 3.05) is 38.2 Å². The lowest BCUT2D eigenvalue weighted by Gasteiger charge is -2.32. The number of rotatable bonds is 6. The third kappa shape index (κ3) is 4.85. The number of hydrogen-bond donors (Lipinski definition) is 1. The second-order valence-corrected chi connectivity index (χ2v) is 10.8. The first-order valence-corrected chi connectivity index (χ1v) is 12.8. The molecule has 0 radical (unpaired) electrons. The number of aryl methyl sites for hydroxylation is 1. The van der Waals surface area contributed by atoms with Crippen LogP contribution in [0.4, 0.5) is 5.69 Å². The number of anilines is 1. The van der Waals surface area contributed by atoms with Crippen LogP contribution in [0.2, 0.25) is 5.02 Å². The summed E-state index contributed by atoms with van der Waals surface area (Å²) in [6, 6.07) is 6.79. The molecule has 0 amide bonds. The van der Waals surface area contributed by atoms with Gasteiger partial charge in [0.05, 0.1) is 29.4 Å². The summed E-state index contributed by atoms with van der Waals surface area (Å²) in [5.41, 5.74) is 0.900. The predicted molar refractivity (Wildman–Crippen MR) is 124 cm³/mol. The number of nitrogens with one attached hydrogen (secondary N) is 1. The van der Waals surface area contributed by atoms with Gasteiger partial charge in [-0.05, 0) is 50.2 Å². The number of benzene rings is 1. The molecule has 174 valence electrons. The predicted octanol–water partition coefficient (Wildman–Crippen LogP) is 3.07. The lowest BCUT2D eigenvalue weighted by molar-refractivity contribution is 0.0595. The molecule has 8 nitrogen and oxygen atoms in total. The van der Waals surface area contributed by atoms with Crippen molar-refractivity contribution in [3.8, 4) is 0 Å². The third-order valence-electron chi connectivity index (χ3n) is 6.26. The van der Waals surface area contributed by atoms with Crippen LogP contribution in [0.25, 0.3) is 0 Å². The Hall–Kier alpha value is -1.94. The van der Waals surface area contributed by atoms with Gasteiger partial charge in [0.15, 0.2) is 0 Å². The van der Waals surface area contributed by atoms with Gasteiger partial charge in [-0.1, -0.05) is 29.8 Å². The highest BCUT2D eigenvalue weighted by atomic mass is 35.5. The quantitative estimate of drug-likeness (QED) is 0.683. The summed E-state index contributed by atoms with van der Waals surface area (Å²) >= 11 is 6.36. The largest absolute Gasteiger partial charge is 0.382 e. The SMILES string of the molecule is Cc1ccccc1S(=O)(=O)N1CCC(n2ncc(NC[C@H]3CCCOC3)c(Cl)c2=O)CC1. The second kappa shape index (κ2) is 9.91. The number of hydrogen-bond acceptors (Lipinski definition) is 6. The van der Waals surface area contributed by atoms with Crippen LogP contribution in [0.3, 0.4) is 0 Å². The first-order valence-electron chi connectivity index (χ1n) is 11.0. The summed E-state index contributed by atoms with van der Waals surface area (Å²) in [5, 5.41) is 7.69. The van der Waals surface area contributed by atoms with Gasteiger partial charge in [0.1, 0.15) is 5.02 Å². The fourth-order valence-electron chi connectivity index (χ4n) is 4.36. The van der Waals surface area contributed by atoms with Crippen LogP contribution in [0, 0.1) is 12.8 Å². The minimum atomic E-state index is -3.56. The van der Waals surface area contributed by atoms with Crippen LogP contribution in [-0.4, -0.2) is 55.4 Å². The van der Waals surface area contributed by atoms with Crippen LogP contribution in [0.15, 0.2) is 40.2 Å². The van der Waals surface area contributed by atoms with Gasteiger partial charge in [0, 0.05) is 26.2 Å². The average molecular weight is 481 g/mol. The zero-order valence-electron chi connectivity index (χ0n) is 18.2. The minimum Gasteiger partial charge on any atom is -0.382 e. The van der Waals surface area contributed by atoms with Crippen molar-refractivity contribution >= 4 is 27.3 Å². The molecular formula is C22H29ClN4O4S. The van der Waals surface area contributed by atoms with Gasteiger partial charge in [0.25, 0.3) is 5.56 Å². The van der Waals surface area contributed by atoms with Crippen LogP contribution < -0.4 is 10.9 Å². The Bertz CT molecular complexity index is 1110. The molecule has 1 aromatic heterocycles. The number of halogens is 1. The Morgan fingerprint density at radius 1 is 1.22 bits per heavy atom. The maximum absolute atomic E-state index is 13.0. The fraction of sp³-hybridized carbons (Fsp3) is 0.545. The third-order valence-corrected chi connectivity index (χ3v) is 8.68. The van der Waals surface area contributed by atoms with Gasteiger partial charge < -0.3 is 10.1 Å². The molecule has 0 bridgehead atoms. The van der Waals surface area contributed by atoms with E-state index in [4.69, 9.17) is 16.3 Å². The van der Waals surface area contributed by atoms with E-state index in [0.717, 1.165) is 25.0 Å². The molecule has 0 spiro atoms. The van der Waals surface area contributed by atoms with Gasteiger partial charge in [-0.15, -0.1) is 0 Å². The molecule has 2 saturated heterocycles. The Labute approximate surface area is 193 Å². The molecule has 0 saturated carbocycles. The van der Waals surface area contributed by atoms with E-state index < -0.39 is 10.0 Å². The van der Waals surface area contributed by atoms with Gasteiger partial charge in [0.2, 0.25) is 10.0 Å². The maximum atomic E-state index is 13.0. The Balaban J connectivity index is 1.41. The van der Waals surface area contributed by atoms with E-state index in [0.29, 0.717) is 55.6 Å². The number of sulfonamides is 1. The lowest BCUT2D eigenvalue weighted by atomic mass is 10.0. The summed E-state index contributed by atoms with van der Waals surface area (Å²) in [4.78, 5) is 13.2. The van der Waals surface area contributed by atoms with E-state index in [2.05, 4.69) is 10.4 Å². The van der Waals surface area contributed by atoms with Crippen molar-refractivity contribution in [1.82, 2.24) is 14.1 Å². The summed E-state index contributed by atoms with van der Waals surface area (Å²) in [7, 11) is -3.56. The van der Waals surface area contributed by atoms with Crippen molar-refractivity contribution in [2.45, 2.75) is 43.5 Å². The van der Waals surface area contributed by atoms with E-state index >= 15 is 0 Å². The molecule has 2 aromatic rings. The number of nitrogens with zero attached hydrogens (tertiary/aromatic N) is 3. The summed E-state index contributed by atoms with van der Waals surface area (Å²) < 4.78 is 34.4. The van der Waals surface area contributed by atoms with Crippen molar-refractivity contribution in [1.29, 1.82) is 0 Å². The monoisotopic (exact) mass is 480 g/mol. The van der Waals surface area contributed by atoms with Crippen LogP contribution >= 0.6 is 11.6 Å². The van der Waals surface area contributed by atoms with E-state index in [-0.39, 0.29) is 16.6 Å². The Morgan fingerprint density at radius 3 is 2.66 bits per heavy atom. The van der Waals surface area contributed by atoms with Gasteiger partial charge in [-0.25, -0.2) is 13.1 Å². The maximum Gasteiger partial charge on any atom is 0.287 e. The summed E-state index contributed by atoms with van der Waals surface area (Å²) in [6.45, 7) is 4.64. The molecule has 10 heteroatoms. The molecule has 4 rings (SSSR count). The molecule has 32 heavy (non-hydrogen) atoms. The molecule has 2 fully saturated rings. The highest BCUT2D eigenvalue weighted by molar-refractivity contribution is 7.89. The normalized spacial score (nSPS) is 20.9. The number of piperidine rings is 1. The topological polar surface area (TPSA) is 93.5 Å². The van der Waals surface area contributed by atoms with Gasteiger partial charge >= 0.3 is 0 Å². The summed E-state index contributed by atoms with van der Waals surface area (Å²) in [6.07, 6.45) is 4.71. The number of ether oxygens (including phenoxy) is 1. The highest BCUT2D eigenvalue weighted by Crippen LogP contribution is 2.28. The van der Waals surface area contributed by atoms with E-state index in [9.17, 15) is 13.2 Å². The summed E-state index contributed by atoms with van der Waals surface area (Å²) in [5.74, 6) is 0.391. The lowest BCUT2D eigenvalue weighted by Crippen LogP contribution is -2.41. The Morgan fingerprint density at radius 2 is 1.97 bits per heavy atom. The van der Waals surface area contributed by atoms with Crippen molar-refractivity contribution in [3.63, 3.8) is 0 Å². The van der Waals surface area contributed by atoms with E-state index in [1.54, 1.807) is 31.3 Å². The van der Waals surface area contributed by atoms with Crippen LogP contribution in [0.5, 0.6) is 0 Å². The molecule has 0 aliphatic carbocycles. The van der Waals surface area contributed by atoms with Gasteiger partial charge in [-0.2, -0.15) is 9.40 Å². The van der Waals surface area contributed by atoms with Crippen molar-refractivity contribution in [3.05, 3.63) is 51.4 Å². The second-order valence-electron chi connectivity index (χ2n) is 8.49. The van der Waals surface area contributed by atoms with Crippen molar-refractivity contribution < 1.29 is 13.2 Å². The smallest absolute Gasteiger partial charge is 0.287 e. The van der Waals surface area contributed by atoms with E-state index in [1.807, 2.05) is 6.07 Å². The van der Waals surface area contributed by atoms with Crippen molar-refractivity contribution in [2.24, 2.45) is 5.92 Å². The molecule has 2 aliphatic heterocycles. The molecule has 1 aromatic carbocycles. The molecule has 1 atom stereocenters. The first kappa shape index (κ1) is 23.2. The zero-order chi connectivity index (χ0) is 22.7. The minimum absolute atomic E-state index is 0.117. The number of aromatic nitrogens is 2. The van der Waals surface area contributed by atoms with Gasteiger partial charge in [-0.3, -0.25) is 4.79 Å². The average Bonchev–Trinajstić information content (AvgIpc) is 2.81. The molecular weight excluding hydrogens is 452 g/mol. The highest BCUT2D eigenvalue weighted by Gasteiger charge is 2.32. The van der Waals surface area contributed by atoms with Crippen LogP contribution in [-0.2, 0) is 14.8 Å². The standard InChI is InChI=1S/C22H29ClN4O4S/c1-16-5-2-3-7-20(16)32(29,30)26-10-8-18(9-11-26)27-22(28)21(23)19(14-25-27)24-13-17-6-4-12-31-15-17/h2-3,5,7,14,17-18,24H,4,6,8-13,15H2,1H3/t17-/m1/s1. The fourth-order valence-corrected chi connectivity index (χ4v) is 6.26. The zero-order valence-corrected chi connectivity index (χ0v) is 19.7. The first-order chi connectivity index (χ1) is 15.4. The molecule has 0 unspecified atom stereocenters. The Kier molecular flexibility index (Phi) is 7.19.